The van der Waals surface area contributed by atoms with Crippen molar-refractivity contribution in [3.63, 3.8) is 0 Å². The molecular formula is C18H14Mg. The Morgan fingerprint density at radius 1 is 0.632 bits per heavy atom. The van der Waals surface area contributed by atoms with Gasteiger partial charge in [0, 0.05) is 0 Å². The van der Waals surface area contributed by atoms with Crippen LogP contribution in [0.2, 0.25) is 0 Å². The van der Waals surface area contributed by atoms with Gasteiger partial charge in [0.05, 0.1) is 0 Å². The van der Waals surface area contributed by atoms with Crippen LogP contribution in [0.25, 0.3) is 0 Å². The van der Waals surface area contributed by atoms with Crippen molar-refractivity contribution in [3.05, 3.63) is 84.6 Å². The molecule has 0 unspecified atom stereocenters. The first-order valence-electron chi connectivity index (χ1n) is 5.74. The third kappa shape index (κ3) is 8.11. The second kappa shape index (κ2) is 11.4. The zero-order chi connectivity index (χ0) is 13.1. The summed E-state index contributed by atoms with van der Waals surface area (Å²) in [7, 11) is 0. The van der Waals surface area contributed by atoms with Crippen molar-refractivity contribution in [2.45, 2.75) is 12.8 Å². The Morgan fingerprint density at radius 2 is 0.947 bits per heavy atom. The summed E-state index contributed by atoms with van der Waals surface area (Å²) in [6.07, 6.45) is 14.6. The maximum atomic E-state index is 6.69. The summed E-state index contributed by atoms with van der Waals surface area (Å²) in [6, 6.07) is 19.7. The molecule has 0 aliphatic carbocycles. The Kier molecular flexibility index (Phi) is 10.4. The summed E-state index contributed by atoms with van der Waals surface area (Å²) in [5.74, 6) is 4.67. The van der Waals surface area contributed by atoms with Crippen LogP contribution < -0.4 is 0 Å². The van der Waals surface area contributed by atoms with Crippen LogP contribution in [-0.4, -0.2) is 23.1 Å². The Bertz CT molecular complexity index is 464. The van der Waals surface area contributed by atoms with Gasteiger partial charge in [0.15, 0.2) is 0 Å². The number of benzene rings is 2. The van der Waals surface area contributed by atoms with Gasteiger partial charge in [-0.3, -0.25) is 0 Å². The van der Waals surface area contributed by atoms with Gasteiger partial charge in [-0.2, -0.15) is 0 Å². The molecule has 0 N–H and O–H groups in total. The van der Waals surface area contributed by atoms with E-state index < -0.39 is 0 Å². The van der Waals surface area contributed by atoms with E-state index in [9.17, 15) is 0 Å². The first kappa shape index (κ1) is 17.3. The second-order valence-corrected chi connectivity index (χ2v) is 3.68. The molecule has 0 radical (unpaired) electrons. The molecule has 0 fully saturated rings. The molecule has 1 heteroatoms. The minimum Gasteiger partial charge on any atom is -0.693 e. The molecule has 2 rings (SSSR count). The van der Waals surface area contributed by atoms with Crippen molar-refractivity contribution in [1.82, 2.24) is 0 Å². The standard InChI is InChI=1S/2C9H7.Mg/c2*1-2-6-9-7-4-3-5-8-9;/h2*3-5,7-8H,6H2;/q2*-1;+2. The minimum atomic E-state index is 0. The van der Waals surface area contributed by atoms with E-state index >= 15 is 0 Å². The van der Waals surface area contributed by atoms with Crippen molar-refractivity contribution >= 4 is 23.1 Å². The number of rotatable bonds is 2. The second-order valence-electron chi connectivity index (χ2n) is 3.68. The van der Waals surface area contributed by atoms with Gasteiger partial charge < -0.3 is 24.7 Å². The molecule has 19 heavy (non-hydrogen) atoms. The summed E-state index contributed by atoms with van der Waals surface area (Å²) < 4.78 is 0. The largest absolute Gasteiger partial charge is 2.00 e. The molecule has 0 nitrogen and oxygen atoms in total. The topological polar surface area (TPSA) is 0 Å². The van der Waals surface area contributed by atoms with Crippen molar-refractivity contribution in [2.24, 2.45) is 0 Å². The van der Waals surface area contributed by atoms with E-state index in [1.54, 1.807) is 0 Å². The molecular weight excluding hydrogens is 241 g/mol. The predicted molar refractivity (Wildman–Crippen MR) is 80.3 cm³/mol. The fourth-order valence-corrected chi connectivity index (χ4v) is 1.40. The Hall–Kier alpha value is -1.67. The Balaban J connectivity index is 0.000000324. The van der Waals surface area contributed by atoms with E-state index in [2.05, 4.69) is 11.8 Å². The first-order chi connectivity index (χ1) is 8.86. The molecule has 0 aliphatic heterocycles. The van der Waals surface area contributed by atoms with Crippen molar-refractivity contribution in [3.8, 4) is 11.8 Å². The van der Waals surface area contributed by atoms with Gasteiger partial charge in [0.2, 0.25) is 0 Å². The van der Waals surface area contributed by atoms with Crippen LogP contribution in [0.3, 0.4) is 0 Å². The molecule has 0 atom stereocenters. The fraction of sp³-hybridized carbons (Fsp3) is 0.111. The van der Waals surface area contributed by atoms with Crippen molar-refractivity contribution < 1.29 is 0 Å². The third-order valence-corrected chi connectivity index (χ3v) is 2.27. The van der Waals surface area contributed by atoms with E-state index in [1.807, 2.05) is 60.7 Å². The number of hydrogen-bond donors (Lipinski definition) is 0. The summed E-state index contributed by atoms with van der Waals surface area (Å²) >= 11 is 0. The molecule has 0 saturated carbocycles. The van der Waals surface area contributed by atoms with E-state index in [1.165, 1.54) is 0 Å². The van der Waals surface area contributed by atoms with E-state index in [0.29, 0.717) is 12.8 Å². The van der Waals surface area contributed by atoms with Crippen molar-refractivity contribution in [1.29, 1.82) is 0 Å². The quantitative estimate of drug-likeness (QED) is 0.438. The molecule has 88 valence electrons. The smallest absolute Gasteiger partial charge is 0.693 e. The van der Waals surface area contributed by atoms with E-state index in [0.717, 1.165) is 11.1 Å². The average Bonchev–Trinajstić information content (AvgIpc) is 2.43. The normalized spacial score (nSPS) is 7.89. The van der Waals surface area contributed by atoms with Crippen LogP contribution in [0.5, 0.6) is 0 Å². The minimum absolute atomic E-state index is 0. The first-order valence-corrected chi connectivity index (χ1v) is 5.74. The van der Waals surface area contributed by atoms with Gasteiger partial charge in [0.1, 0.15) is 0 Å². The average molecular weight is 255 g/mol. The predicted octanol–water partition coefficient (Wildman–Crippen LogP) is 3.26. The summed E-state index contributed by atoms with van der Waals surface area (Å²) in [4.78, 5) is 0. The van der Waals surface area contributed by atoms with Crippen LogP contribution in [0.1, 0.15) is 11.1 Å². The van der Waals surface area contributed by atoms with Crippen LogP contribution in [0.4, 0.5) is 0 Å². The molecule has 0 bridgehead atoms. The Morgan fingerprint density at radius 3 is 1.21 bits per heavy atom. The van der Waals surface area contributed by atoms with Gasteiger partial charge >= 0.3 is 23.1 Å². The SMILES string of the molecule is [C-]#CCc1ccccc1.[C-]#CCc1ccccc1.[Mg+2]. The fourth-order valence-electron chi connectivity index (χ4n) is 1.40. The summed E-state index contributed by atoms with van der Waals surface area (Å²) in [5, 5.41) is 0. The molecule has 0 heterocycles. The van der Waals surface area contributed by atoms with Crippen LogP contribution >= 0.6 is 0 Å². The van der Waals surface area contributed by atoms with Gasteiger partial charge in [-0.25, -0.2) is 0 Å². The third-order valence-electron chi connectivity index (χ3n) is 2.27. The molecule has 2 aromatic rings. The zero-order valence-electron chi connectivity index (χ0n) is 10.9. The monoisotopic (exact) mass is 254 g/mol. The van der Waals surface area contributed by atoms with Gasteiger partial charge in [-0.1, -0.05) is 60.7 Å². The van der Waals surface area contributed by atoms with E-state index in [-0.39, 0.29) is 23.1 Å². The molecule has 0 aliphatic rings. The maximum Gasteiger partial charge on any atom is 2.00 e. The van der Waals surface area contributed by atoms with Crippen LogP contribution in [0, 0.1) is 24.7 Å². The summed E-state index contributed by atoms with van der Waals surface area (Å²) in [6.45, 7) is 0. The molecule has 0 amide bonds. The van der Waals surface area contributed by atoms with Crippen LogP contribution in [0.15, 0.2) is 60.7 Å². The molecule has 0 saturated heterocycles. The van der Waals surface area contributed by atoms with Gasteiger partial charge in [-0.05, 0) is 24.0 Å². The maximum absolute atomic E-state index is 6.69. The number of hydrogen-bond acceptors (Lipinski definition) is 0. The van der Waals surface area contributed by atoms with Gasteiger partial charge in [-0.15, -0.1) is 0 Å². The molecule has 0 spiro atoms. The Labute approximate surface area is 132 Å². The van der Waals surface area contributed by atoms with Crippen LogP contribution in [-0.2, 0) is 12.8 Å². The van der Waals surface area contributed by atoms with Gasteiger partial charge in [0.25, 0.3) is 0 Å². The molecule has 0 aromatic heterocycles. The van der Waals surface area contributed by atoms with E-state index in [4.69, 9.17) is 12.8 Å². The van der Waals surface area contributed by atoms with Crippen molar-refractivity contribution in [2.75, 3.05) is 0 Å². The molecule has 2 aromatic carbocycles. The zero-order valence-corrected chi connectivity index (χ0v) is 12.3. The summed E-state index contributed by atoms with van der Waals surface area (Å²) in [5.41, 5.74) is 2.29.